The number of carbonyl (C=O) groups is 1. The molecule has 1 amide bonds. The van der Waals surface area contributed by atoms with E-state index in [1.807, 2.05) is 6.92 Å². The summed E-state index contributed by atoms with van der Waals surface area (Å²) in [7, 11) is -2.27. The number of hydrogen-bond acceptors (Lipinski definition) is 5. The minimum absolute atomic E-state index is 0.0638. The van der Waals surface area contributed by atoms with Crippen LogP contribution in [0.4, 0.5) is 10.1 Å². The van der Waals surface area contributed by atoms with Gasteiger partial charge in [0.25, 0.3) is 5.91 Å². The zero-order valence-electron chi connectivity index (χ0n) is 16.1. The van der Waals surface area contributed by atoms with E-state index in [0.717, 1.165) is 15.9 Å². The Kier molecular flexibility index (Phi) is 6.45. The second kappa shape index (κ2) is 8.86. The molecule has 0 fully saturated rings. The molecule has 0 aliphatic heterocycles. The van der Waals surface area contributed by atoms with Crippen LogP contribution in [0.3, 0.4) is 0 Å². The van der Waals surface area contributed by atoms with Gasteiger partial charge in [0.15, 0.2) is 0 Å². The SMILES string of the molecule is Cc1ccc(S(=O)(=O)N(C)Cc2ncc(C(=O)Nc3ccc(F)c(Cl)c3)cn2)cc1. The van der Waals surface area contributed by atoms with Crippen molar-refractivity contribution < 1.29 is 17.6 Å². The summed E-state index contributed by atoms with van der Waals surface area (Å²) < 4.78 is 39.6. The van der Waals surface area contributed by atoms with Gasteiger partial charge < -0.3 is 5.32 Å². The molecule has 2 aromatic carbocycles. The van der Waals surface area contributed by atoms with Gasteiger partial charge in [0, 0.05) is 25.1 Å². The van der Waals surface area contributed by atoms with Gasteiger partial charge in [-0.25, -0.2) is 22.8 Å². The van der Waals surface area contributed by atoms with Gasteiger partial charge in [0.2, 0.25) is 10.0 Å². The lowest BCUT2D eigenvalue weighted by Gasteiger charge is -2.16. The number of carbonyl (C=O) groups excluding carboxylic acids is 1. The van der Waals surface area contributed by atoms with Gasteiger partial charge in [0.05, 0.1) is 22.0 Å². The molecule has 1 N–H and O–H groups in total. The monoisotopic (exact) mass is 448 g/mol. The minimum Gasteiger partial charge on any atom is -0.322 e. The van der Waals surface area contributed by atoms with E-state index in [4.69, 9.17) is 11.6 Å². The summed E-state index contributed by atoms with van der Waals surface area (Å²) in [5.41, 5.74) is 1.43. The Bertz CT molecular complexity index is 1170. The number of rotatable bonds is 6. The largest absolute Gasteiger partial charge is 0.322 e. The smallest absolute Gasteiger partial charge is 0.258 e. The third-order valence-electron chi connectivity index (χ3n) is 4.24. The molecule has 0 saturated carbocycles. The predicted molar refractivity (Wildman–Crippen MR) is 111 cm³/mol. The first kappa shape index (κ1) is 21.8. The summed E-state index contributed by atoms with van der Waals surface area (Å²) in [4.78, 5) is 20.6. The van der Waals surface area contributed by atoms with E-state index >= 15 is 0 Å². The van der Waals surface area contributed by atoms with Crippen LogP contribution in [-0.2, 0) is 16.6 Å². The predicted octanol–water partition coefficient (Wildman–Crippen LogP) is 3.65. The standard InChI is InChI=1S/C20H18ClFN4O3S/c1-13-3-6-16(7-4-13)30(28,29)26(2)12-19-23-10-14(11-24-19)20(27)25-15-5-8-18(22)17(21)9-15/h3-11H,12H2,1-2H3,(H,25,27). The van der Waals surface area contributed by atoms with Gasteiger partial charge in [-0.1, -0.05) is 29.3 Å². The Balaban J connectivity index is 1.68. The average Bonchev–Trinajstić information content (AvgIpc) is 2.71. The highest BCUT2D eigenvalue weighted by atomic mass is 35.5. The molecule has 0 saturated heterocycles. The van der Waals surface area contributed by atoms with Gasteiger partial charge >= 0.3 is 0 Å². The first-order chi connectivity index (χ1) is 14.2. The fourth-order valence-electron chi connectivity index (χ4n) is 2.51. The molecule has 3 aromatic rings. The second-order valence-electron chi connectivity index (χ2n) is 6.55. The molecule has 0 atom stereocenters. The maximum Gasteiger partial charge on any atom is 0.258 e. The maximum absolute atomic E-state index is 13.2. The number of anilines is 1. The fraction of sp³-hybridized carbons (Fsp3) is 0.150. The van der Waals surface area contributed by atoms with Crippen molar-refractivity contribution in [3.8, 4) is 0 Å². The van der Waals surface area contributed by atoms with Crippen molar-refractivity contribution in [2.75, 3.05) is 12.4 Å². The third-order valence-corrected chi connectivity index (χ3v) is 6.35. The molecule has 0 spiro atoms. The lowest BCUT2D eigenvalue weighted by molar-refractivity contribution is 0.102. The maximum atomic E-state index is 13.2. The van der Waals surface area contributed by atoms with Crippen molar-refractivity contribution in [1.29, 1.82) is 0 Å². The van der Waals surface area contributed by atoms with E-state index in [1.54, 1.807) is 12.1 Å². The summed E-state index contributed by atoms with van der Waals surface area (Å²) in [5.74, 6) is -0.869. The van der Waals surface area contributed by atoms with Crippen LogP contribution < -0.4 is 5.32 Å². The molecule has 30 heavy (non-hydrogen) atoms. The third kappa shape index (κ3) is 4.99. The topological polar surface area (TPSA) is 92.3 Å². The highest BCUT2D eigenvalue weighted by molar-refractivity contribution is 7.89. The van der Waals surface area contributed by atoms with Crippen LogP contribution in [0.15, 0.2) is 59.8 Å². The number of sulfonamides is 1. The Morgan fingerprint density at radius 2 is 1.77 bits per heavy atom. The Morgan fingerprint density at radius 1 is 1.13 bits per heavy atom. The molecule has 10 heteroatoms. The molecule has 0 unspecified atom stereocenters. The second-order valence-corrected chi connectivity index (χ2v) is 9.00. The van der Waals surface area contributed by atoms with E-state index < -0.39 is 21.7 Å². The lowest BCUT2D eigenvalue weighted by atomic mass is 10.2. The van der Waals surface area contributed by atoms with Crippen LogP contribution in [0, 0.1) is 12.7 Å². The molecule has 7 nitrogen and oxygen atoms in total. The number of aromatic nitrogens is 2. The van der Waals surface area contributed by atoms with Crippen LogP contribution >= 0.6 is 11.6 Å². The number of nitrogens with zero attached hydrogens (tertiary/aromatic N) is 3. The zero-order valence-corrected chi connectivity index (χ0v) is 17.7. The summed E-state index contributed by atoms with van der Waals surface area (Å²) >= 11 is 5.70. The van der Waals surface area contributed by atoms with E-state index in [1.165, 1.54) is 43.7 Å². The van der Waals surface area contributed by atoms with Gasteiger partial charge in [-0.15, -0.1) is 0 Å². The molecular weight excluding hydrogens is 431 g/mol. The van der Waals surface area contributed by atoms with Crippen molar-refractivity contribution in [3.05, 3.63) is 82.6 Å². The van der Waals surface area contributed by atoms with E-state index in [2.05, 4.69) is 15.3 Å². The van der Waals surface area contributed by atoms with Crippen molar-refractivity contribution in [1.82, 2.24) is 14.3 Å². The fourth-order valence-corrected chi connectivity index (χ4v) is 3.81. The van der Waals surface area contributed by atoms with Gasteiger partial charge in [-0.2, -0.15) is 4.31 Å². The number of nitrogens with one attached hydrogen (secondary N) is 1. The number of aryl methyl sites for hydroxylation is 1. The van der Waals surface area contributed by atoms with E-state index in [-0.39, 0.29) is 27.9 Å². The molecule has 1 heterocycles. The number of amides is 1. The highest BCUT2D eigenvalue weighted by Gasteiger charge is 2.21. The van der Waals surface area contributed by atoms with E-state index in [9.17, 15) is 17.6 Å². The summed E-state index contributed by atoms with van der Waals surface area (Å²) in [5, 5.41) is 2.45. The Hall–Kier alpha value is -2.88. The molecule has 0 aliphatic carbocycles. The first-order valence-corrected chi connectivity index (χ1v) is 10.6. The van der Waals surface area contributed by atoms with Crippen LogP contribution in [-0.4, -0.2) is 35.6 Å². The highest BCUT2D eigenvalue weighted by Crippen LogP contribution is 2.20. The van der Waals surface area contributed by atoms with Crippen LogP contribution in [0.25, 0.3) is 0 Å². The molecule has 1 aromatic heterocycles. The van der Waals surface area contributed by atoms with Gasteiger partial charge in [0.1, 0.15) is 11.6 Å². The molecular formula is C20H18ClFN4O3S. The summed E-state index contributed by atoms with van der Waals surface area (Å²) in [6.45, 7) is 1.81. The van der Waals surface area contributed by atoms with Crippen molar-refractivity contribution >= 4 is 33.2 Å². The Labute approximate surface area is 178 Å². The van der Waals surface area contributed by atoms with Gasteiger partial charge in [-0.05, 0) is 37.3 Å². The Morgan fingerprint density at radius 3 is 2.37 bits per heavy atom. The first-order valence-electron chi connectivity index (χ1n) is 8.77. The zero-order chi connectivity index (χ0) is 21.9. The number of halogens is 2. The minimum atomic E-state index is -3.70. The van der Waals surface area contributed by atoms with Crippen LogP contribution in [0.2, 0.25) is 5.02 Å². The number of benzene rings is 2. The number of hydrogen-bond donors (Lipinski definition) is 1. The molecule has 0 aliphatic rings. The quantitative estimate of drug-likeness (QED) is 0.621. The summed E-state index contributed by atoms with van der Waals surface area (Å²) in [6.07, 6.45) is 2.57. The summed E-state index contributed by atoms with van der Waals surface area (Å²) in [6, 6.07) is 10.3. The van der Waals surface area contributed by atoms with Crippen molar-refractivity contribution in [3.63, 3.8) is 0 Å². The lowest BCUT2D eigenvalue weighted by Crippen LogP contribution is -2.27. The van der Waals surface area contributed by atoms with Crippen molar-refractivity contribution in [2.24, 2.45) is 0 Å². The van der Waals surface area contributed by atoms with Crippen LogP contribution in [0.5, 0.6) is 0 Å². The van der Waals surface area contributed by atoms with Gasteiger partial charge in [-0.3, -0.25) is 4.79 Å². The molecule has 0 bridgehead atoms. The van der Waals surface area contributed by atoms with Crippen molar-refractivity contribution in [2.45, 2.75) is 18.4 Å². The van der Waals surface area contributed by atoms with Crippen LogP contribution in [0.1, 0.15) is 21.7 Å². The molecule has 156 valence electrons. The average molecular weight is 449 g/mol. The normalized spacial score (nSPS) is 11.5. The molecule has 0 radical (unpaired) electrons. The molecule has 3 rings (SSSR count). The van der Waals surface area contributed by atoms with E-state index in [0.29, 0.717) is 5.69 Å².